The first-order chi connectivity index (χ1) is 26.1. The zero-order valence-corrected chi connectivity index (χ0v) is 33.6. The normalized spacial score (nSPS) is 13.0. The number of carboxylic acid groups (broad SMARTS) is 2. The molecule has 0 unspecified atom stereocenters. The molecular formula is C40H42Br2F6N2O6. The van der Waals surface area contributed by atoms with Crippen LogP contribution < -0.4 is 20.8 Å². The van der Waals surface area contributed by atoms with E-state index >= 15 is 0 Å². The summed E-state index contributed by atoms with van der Waals surface area (Å²) in [5.74, 6) is -6.01. The second-order valence-corrected chi connectivity index (χ2v) is 14.2. The van der Waals surface area contributed by atoms with Crippen LogP contribution in [0.25, 0.3) is 0 Å². The molecule has 0 amide bonds. The van der Waals surface area contributed by atoms with Gasteiger partial charge in [-0.3, -0.25) is 0 Å². The average Bonchev–Trinajstić information content (AvgIpc) is 3.14. The molecule has 304 valence electrons. The number of hydrogen-bond acceptors (Lipinski definition) is 6. The van der Waals surface area contributed by atoms with Crippen molar-refractivity contribution in [1.82, 2.24) is 0 Å². The highest BCUT2D eigenvalue weighted by atomic mass is 79.9. The Morgan fingerprint density at radius 3 is 1.09 bits per heavy atom. The average molecular weight is 921 g/mol. The number of ether oxygens (including phenoxy) is 2. The van der Waals surface area contributed by atoms with Crippen LogP contribution in [0, 0.1) is 0 Å². The monoisotopic (exact) mass is 918 g/mol. The highest BCUT2D eigenvalue weighted by Crippen LogP contribution is 2.15. The van der Waals surface area contributed by atoms with E-state index < -0.39 is 24.3 Å². The van der Waals surface area contributed by atoms with Crippen molar-refractivity contribution in [2.75, 3.05) is 13.2 Å². The van der Waals surface area contributed by atoms with Gasteiger partial charge in [0.1, 0.15) is 47.6 Å². The topological polar surface area (TPSA) is 132 Å². The standard InChI is InChI=1S/2C18H20BrNO.2C2HF3O2/c2*1-3-18(2,20-17-11-9-16(19)10-12-17)14-21-13-15-7-5-4-6-8-15;2*3-2(4,5)1(6)7/h2*3-12,20H,1,13-14H2,2H3;2*(H,6,7)/t2*18-;;/m00../s1. The lowest BCUT2D eigenvalue weighted by Crippen LogP contribution is -2.92. The van der Waals surface area contributed by atoms with E-state index in [9.17, 15) is 26.3 Å². The second-order valence-electron chi connectivity index (χ2n) is 12.3. The molecule has 0 spiro atoms. The first-order valence-corrected chi connectivity index (χ1v) is 18.0. The zero-order chi connectivity index (χ0) is 42.4. The first-order valence-electron chi connectivity index (χ1n) is 16.4. The van der Waals surface area contributed by atoms with Gasteiger partial charge in [0.05, 0.1) is 13.2 Å². The molecule has 4 N–H and O–H groups in total. The largest absolute Gasteiger partial charge is 0.542 e. The molecule has 0 aliphatic rings. The summed E-state index contributed by atoms with van der Waals surface area (Å²) in [5.41, 5.74) is 4.36. The molecule has 0 saturated heterocycles. The number of rotatable bonds is 14. The van der Waals surface area contributed by atoms with Gasteiger partial charge in [0.2, 0.25) is 0 Å². The number of halogens is 8. The van der Waals surface area contributed by atoms with Gasteiger partial charge in [0.15, 0.2) is 0 Å². The van der Waals surface area contributed by atoms with E-state index in [0.717, 1.165) is 8.95 Å². The Morgan fingerprint density at radius 1 is 0.589 bits per heavy atom. The van der Waals surface area contributed by atoms with Crippen LogP contribution in [0.1, 0.15) is 25.0 Å². The molecule has 4 aromatic carbocycles. The van der Waals surface area contributed by atoms with Crippen LogP contribution >= 0.6 is 31.9 Å². The molecule has 0 aromatic heterocycles. The molecule has 4 rings (SSSR count). The van der Waals surface area contributed by atoms with Gasteiger partial charge in [0.25, 0.3) is 0 Å². The highest BCUT2D eigenvalue weighted by Gasteiger charge is 2.30. The van der Waals surface area contributed by atoms with Gasteiger partial charge >= 0.3 is 12.4 Å². The summed E-state index contributed by atoms with van der Waals surface area (Å²) < 4.78 is 77.0. The molecular weight excluding hydrogens is 878 g/mol. The van der Waals surface area contributed by atoms with Crippen molar-refractivity contribution in [2.45, 2.75) is 50.5 Å². The summed E-state index contributed by atoms with van der Waals surface area (Å²) in [6.45, 7) is 14.6. The summed E-state index contributed by atoms with van der Waals surface area (Å²) in [5, 5.41) is 22.0. The lowest BCUT2D eigenvalue weighted by Gasteiger charge is -2.23. The van der Waals surface area contributed by atoms with Crippen LogP contribution in [0.4, 0.5) is 37.7 Å². The molecule has 0 bridgehead atoms. The Labute approximate surface area is 338 Å². The molecule has 0 radical (unpaired) electrons. The maximum atomic E-state index is 10.5. The molecule has 0 aliphatic carbocycles. The number of hydrogen-bond donors (Lipinski definition) is 2. The molecule has 2 atom stereocenters. The summed E-state index contributed by atoms with van der Waals surface area (Å²) >= 11 is 6.90. The fraction of sp³-hybridized carbons (Fsp3) is 0.250. The molecule has 0 fully saturated rings. The van der Waals surface area contributed by atoms with Crippen LogP contribution in [0.2, 0.25) is 0 Å². The van der Waals surface area contributed by atoms with Crippen LogP contribution in [0.15, 0.2) is 143 Å². The molecule has 4 aromatic rings. The Bertz CT molecular complexity index is 1630. The van der Waals surface area contributed by atoms with Crippen molar-refractivity contribution in [3.8, 4) is 0 Å². The molecule has 0 heterocycles. The second kappa shape index (κ2) is 24.3. The van der Waals surface area contributed by atoms with Crippen LogP contribution in [-0.4, -0.2) is 48.6 Å². The van der Waals surface area contributed by atoms with Gasteiger partial charge in [0, 0.05) is 33.2 Å². The molecule has 0 aliphatic heterocycles. The summed E-state index contributed by atoms with van der Waals surface area (Å²) in [6, 6.07) is 36.9. The third kappa shape index (κ3) is 21.7. The van der Waals surface area contributed by atoms with Crippen molar-refractivity contribution < 1.29 is 66.3 Å². The molecule has 56 heavy (non-hydrogen) atoms. The van der Waals surface area contributed by atoms with Crippen LogP contribution in [-0.2, 0) is 32.3 Å². The van der Waals surface area contributed by atoms with Gasteiger partial charge < -0.3 is 39.9 Å². The van der Waals surface area contributed by atoms with E-state index in [0.29, 0.717) is 26.4 Å². The van der Waals surface area contributed by atoms with Crippen molar-refractivity contribution in [3.63, 3.8) is 0 Å². The minimum absolute atomic E-state index is 0.178. The number of aliphatic carboxylic acids is 2. The lowest BCUT2D eigenvalue weighted by atomic mass is 10.0. The highest BCUT2D eigenvalue weighted by molar-refractivity contribution is 9.10. The summed E-state index contributed by atoms with van der Waals surface area (Å²) in [4.78, 5) is 17.6. The zero-order valence-electron chi connectivity index (χ0n) is 30.4. The molecule has 16 heteroatoms. The number of benzene rings is 4. The van der Waals surface area contributed by atoms with E-state index in [2.05, 4.69) is 118 Å². The van der Waals surface area contributed by atoms with Gasteiger partial charge in [-0.1, -0.05) is 106 Å². The van der Waals surface area contributed by atoms with E-state index in [1.807, 2.05) is 72.8 Å². The van der Waals surface area contributed by atoms with Crippen LogP contribution in [0.5, 0.6) is 0 Å². The summed E-state index contributed by atoms with van der Waals surface area (Å²) in [6.07, 6.45) is -6.50. The number of carboxylic acids is 2. The Morgan fingerprint density at radius 2 is 0.857 bits per heavy atom. The van der Waals surface area contributed by atoms with Crippen molar-refractivity contribution in [1.29, 1.82) is 0 Å². The van der Waals surface area contributed by atoms with Crippen molar-refractivity contribution >= 4 is 55.2 Å². The Kier molecular flexibility index (Phi) is 21.6. The minimum atomic E-state index is -5.19. The van der Waals surface area contributed by atoms with Gasteiger partial charge in [-0.25, -0.2) is 0 Å². The minimum Gasteiger partial charge on any atom is -0.542 e. The van der Waals surface area contributed by atoms with Crippen molar-refractivity contribution in [2.24, 2.45) is 0 Å². The number of alkyl halides is 6. The van der Waals surface area contributed by atoms with E-state index in [1.54, 1.807) is 0 Å². The Balaban J connectivity index is 0.000000421. The van der Waals surface area contributed by atoms with E-state index in [4.69, 9.17) is 29.3 Å². The first kappa shape index (κ1) is 49.7. The predicted molar refractivity (Wildman–Crippen MR) is 203 cm³/mol. The number of carbonyl (C=O) groups excluding carboxylic acids is 2. The van der Waals surface area contributed by atoms with Crippen molar-refractivity contribution in [3.05, 3.63) is 155 Å². The maximum absolute atomic E-state index is 10.5. The smallest absolute Gasteiger partial charge is 0.430 e. The number of nitrogens with two attached hydrogens (primary N) is 2. The predicted octanol–water partition coefficient (Wildman–Crippen LogP) is 6.21. The number of carbonyl (C=O) groups is 2. The quantitative estimate of drug-likeness (QED) is 0.0880. The molecule has 8 nitrogen and oxygen atoms in total. The fourth-order valence-corrected chi connectivity index (χ4v) is 4.65. The van der Waals surface area contributed by atoms with Gasteiger partial charge in [-0.05, 0) is 61.4 Å². The fourth-order valence-electron chi connectivity index (χ4n) is 4.12. The summed E-state index contributed by atoms with van der Waals surface area (Å²) in [7, 11) is 0. The SMILES string of the molecule is C=C[C@@](C)(COCc1ccccc1)[NH2+]c1ccc(Br)cc1.C=C[C@@](C)(COCc1ccccc1)[NH2+]c1ccc(Br)cc1.O=C([O-])C(F)(F)F.O=C([O-])C(F)(F)F. The maximum Gasteiger partial charge on any atom is 0.430 e. The number of quaternary nitrogens is 2. The molecule has 0 saturated carbocycles. The van der Waals surface area contributed by atoms with Gasteiger partial charge in [-0.2, -0.15) is 26.3 Å². The lowest BCUT2D eigenvalue weighted by molar-refractivity contribution is -0.641. The van der Waals surface area contributed by atoms with E-state index in [-0.39, 0.29) is 11.1 Å². The van der Waals surface area contributed by atoms with Crippen LogP contribution in [0.3, 0.4) is 0 Å². The third-order valence-corrected chi connectivity index (χ3v) is 8.23. The third-order valence-electron chi connectivity index (χ3n) is 7.18. The van der Waals surface area contributed by atoms with E-state index in [1.165, 1.54) is 22.5 Å². The Hall–Kier alpha value is -4.32. The van der Waals surface area contributed by atoms with Gasteiger partial charge in [-0.15, -0.1) is 0 Å².